The minimum absolute atomic E-state index is 0.00139. The van der Waals surface area contributed by atoms with Crippen LogP contribution < -0.4 is 10.0 Å². The Morgan fingerprint density at radius 3 is 2.26 bits per heavy atom. The zero-order valence-corrected chi connectivity index (χ0v) is 13.7. The van der Waals surface area contributed by atoms with Crippen LogP contribution in [-0.2, 0) is 10.0 Å². The van der Waals surface area contributed by atoms with Crippen molar-refractivity contribution >= 4 is 15.9 Å². The van der Waals surface area contributed by atoms with Gasteiger partial charge < -0.3 is 10.2 Å². The van der Waals surface area contributed by atoms with Gasteiger partial charge in [0.2, 0.25) is 10.0 Å². The van der Waals surface area contributed by atoms with Gasteiger partial charge in [-0.1, -0.05) is 0 Å². The van der Waals surface area contributed by atoms with Crippen LogP contribution in [0.5, 0.6) is 0 Å². The molecule has 2 heterocycles. The summed E-state index contributed by atoms with van der Waals surface area (Å²) in [5, 5.41) is 3.36. The first-order valence-electron chi connectivity index (χ1n) is 8.15. The normalized spacial score (nSPS) is 27.2. The maximum Gasteiger partial charge on any atom is 0.253 e. The predicted octanol–water partition coefficient (Wildman–Crippen LogP) is 0.419. The largest absolute Gasteiger partial charge is 0.338 e. The molecule has 3 aliphatic rings. The van der Waals surface area contributed by atoms with Crippen molar-refractivity contribution in [1.29, 1.82) is 0 Å². The van der Waals surface area contributed by atoms with E-state index in [0.29, 0.717) is 17.4 Å². The lowest BCUT2D eigenvalue weighted by atomic mass is 10.0. The van der Waals surface area contributed by atoms with Crippen molar-refractivity contribution in [2.45, 2.75) is 23.8 Å². The Bertz CT molecular complexity index is 701. The molecule has 6 nitrogen and oxygen atoms in total. The van der Waals surface area contributed by atoms with Crippen LogP contribution in [0.15, 0.2) is 29.2 Å². The van der Waals surface area contributed by atoms with Gasteiger partial charge in [0.1, 0.15) is 0 Å². The zero-order valence-electron chi connectivity index (χ0n) is 12.9. The molecule has 1 saturated carbocycles. The molecule has 0 aromatic heterocycles. The van der Waals surface area contributed by atoms with Crippen molar-refractivity contribution in [3.8, 4) is 0 Å². The Labute approximate surface area is 136 Å². The maximum atomic E-state index is 12.6. The first kappa shape index (κ1) is 15.1. The Hall–Kier alpha value is -1.44. The van der Waals surface area contributed by atoms with Gasteiger partial charge in [0.15, 0.2) is 0 Å². The highest BCUT2D eigenvalue weighted by atomic mass is 32.2. The van der Waals surface area contributed by atoms with E-state index in [1.54, 1.807) is 12.1 Å². The Morgan fingerprint density at radius 1 is 1.09 bits per heavy atom. The van der Waals surface area contributed by atoms with Gasteiger partial charge in [0, 0.05) is 37.8 Å². The van der Waals surface area contributed by atoms with Crippen LogP contribution >= 0.6 is 0 Å². The van der Waals surface area contributed by atoms with Crippen molar-refractivity contribution in [2.75, 3.05) is 26.2 Å². The third-order valence-corrected chi connectivity index (χ3v) is 6.52. The molecule has 4 rings (SSSR count). The number of hydrogen-bond acceptors (Lipinski definition) is 4. The fourth-order valence-corrected chi connectivity index (χ4v) is 4.77. The molecule has 3 fully saturated rings. The van der Waals surface area contributed by atoms with Crippen LogP contribution in [0, 0.1) is 11.8 Å². The number of carbonyl (C=O) groups is 1. The Morgan fingerprint density at radius 2 is 1.70 bits per heavy atom. The van der Waals surface area contributed by atoms with Gasteiger partial charge in [-0.25, -0.2) is 13.1 Å². The van der Waals surface area contributed by atoms with E-state index in [2.05, 4.69) is 10.0 Å². The van der Waals surface area contributed by atoms with Gasteiger partial charge in [0.25, 0.3) is 5.91 Å². The number of nitrogens with zero attached hydrogens (tertiary/aromatic N) is 1. The number of carbonyl (C=O) groups excluding carboxylic acids is 1. The zero-order chi connectivity index (χ0) is 16.0. The van der Waals surface area contributed by atoms with Crippen molar-refractivity contribution in [1.82, 2.24) is 14.9 Å². The van der Waals surface area contributed by atoms with Crippen molar-refractivity contribution in [2.24, 2.45) is 11.8 Å². The summed E-state index contributed by atoms with van der Waals surface area (Å²) < 4.78 is 26.9. The summed E-state index contributed by atoms with van der Waals surface area (Å²) in [6.45, 7) is 3.55. The number of hydrogen-bond donors (Lipinski definition) is 2. The second-order valence-corrected chi connectivity index (χ2v) is 8.52. The highest BCUT2D eigenvalue weighted by Crippen LogP contribution is 2.28. The third kappa shape index (κ3) is 3.00. The monoisotopic (exact) mass is 335 g/mol. The second kappa shape index (κ2) is 5.58. The average Bonchev–Trinajstić information content (AvgIpc) is 3.07. The number of nitrogens with one attached hydrogen (secondary N) is 2. The first-order chi connectivity index (χ1) is 11.0. The topological polar surface area (TPSA) is 78.5 Å². The summed E-state index contributed by atoms with van der Waals surface area (Å²) in [4.78, 5) is 14.7. The molecule has 2 saturated heterocycles. The summed E-state index contributed by atoms with van der Waals surface area (Å²) in [6.07, 6.45) is 1.81. The lowest BCUT2D eigenvalue weighted by Gasteiger charge is -2.17. The minimum Gasteiger partial charge on any atom is -0.338 e. The molecule has 2 aliphatic heterocycles. The molecule has 0 spiro atoms. The summed E-state index contributed by atoms with van der Waals surface area (Å²) in [5.41, 5.74) is 0.559. The summed E-state index contributed by atoms with van der Waals surface area (Å²) in [5.74, 6) is 1.11. The smallest absolute Gasteiger partial charge is 0.253 e. The number of likely N-dealkylation sites (tertiary alicyclic amines) is 1. The van der Waals surface area contributed by atoms with Crippen molar-refractivity contribution in [3.05, 3.63) is 29.8 Å². The third-order valence-electron chi connectivity index (χ3n) is 4.99. The number of sulfonamides is 1. The Kier molecular flexibility index (Phi) is 3.66. The van der Waals surface area contributed by atoms with Crippen LogP contribution in [-0.4, -0.2) is 51.4 Å². The van der Waals surface area contributed by atoms with Gasteiger partial charge in [-0.3, -0.25) is 4.79 Å². The number of rotatable bonds is 4. The predicted molar refractivity (Wildman–Crippen MR) is 85.5 cm³/mol. The molecule has 1 aromatic rings. The molecule has 2 N–H and O–H groups in total. The standard InChI is InChI=1S/C16H21N3O3S/c20-16(19-9-12-7-17-8-13(12)10-19)11-1-5-15(6-2-11)23(21,22)18-14-3-4-14/h1-2,5-6,12-14,17-18H,3-4,7-10H2/t12-,13+. The summed E-state index contributed by atoms with van der Waals surface area (Å²) in [7, 11) is -3.45. The first-order valence-corrected chi connectivity index (χ1v) is 9.63. The van der Waals surface area contributed by atoms with E-state index < -0.39 is 10.0 Å². The minimum atomic E-state index is -3.45. The van der Waals surface area contributed by atoms with Gasteiger partial charge in [-0.15, -0.1) is 0 Å². The van der Waals surface area contributed by atoms with E-state index in [0.717, 1.165) is 39.0 Å². The fraction of sp³-hybridized carbons (Fsp3) is 0.562. The van der Waals surface area contributed by atoms with E-state index in [1.165, 1.54) is 12.1 Å². The van der Waals surface area contributed by atoms with Crippen LogP contribution in [0.4, 0.5) is 0 Å². The van der Waals surface area contributed by atoms with Crippen LogP contribution in [0.1, 0.15) is 23.2 Å². The van der Waals surface area contributed by atoms with Gasteiger partial charge in [0.05, 0.1) is 4.90 Å². The molecule has 7 heteroatoms. The van der Waals surface area contributed by atoms with Crippen LogP contribution in [0.2, 0.25) is 0 Å². The number of amides is 1. The highest BCUT2D eigenvalue weighted by molar-refractivity contribution is 7.89. The van der Waals surface area contributed by atoms with E-state index in [4.69, 9.17) is 0 Å². The molecule has 0 radical (unpaired) electrons. The van der Waals surface area contributed by atoms with E-state index >= 15 is 0 Å². The lowest BCUT2D eigenvalue weighted by Crippen LogP contribution is -2.32. The molecule has 124 valence electrons. The van der Waals surface area contributed by atoms with Crippen LogP contribution in [0.25, 0.3) is 0 Å². The van der Waals surface area contributed by atoms with Crippen LogP contribution in [0.3, 0.4) is 0 Å². The van der Waals surface area contributed by atoms with Gasteiger partial charge in [-0.05, 0) is 48.9 Å². The van der Waals surface area contributed by atoms with Gasteiger partial charge in [-0.2, -0.15) is 0 Å². The van der Waals surface area contributed by atoms with E-state index in [-0.39, 0.29) is 16.8 Å². The van der Waals surface area contributed by atoms with Crippen molar-refractivity contribution < 1.29 is 13.2 Å². The number of fused-ring (bicyclic) bond motifs is 1. The molecule has 1 aromatic carbocycles. The van der Waals surface area contributed by atoms with Crippen molar-refractivity contribution in [3.63, 3.8) is 0 Å². The second-order valence-electron chi connectivity index (χ2n) is 6.81. The summed E-state index contributed by atoms with van der Waals surface area (Å²) in [6, 6.07) is 6.37. The summed E-state index contributed by atoms with van der Waals surface area (Å²) >= 11 is 0. The van der Waals surface area contributed by atoms with Gasteiger partial charge >= 0.3 is 0 Å². The molecular formula is C16H21N3O3S. The fourth-order valence-electron chi connectivity index (χ4n) is 3.47. The molecule has 0 unspecified atom stereocenters. The quantitative estimate of drug-likeness (QED) is 0.836. The maximum absolute atomic E-state index is 12.6. The van der Waals surface area contributed by atoms with E-state index in [1.807, 2.05) is 4.90 Å². The molecular weight excluding hydrogens is 314 g/mol. The lowest BCUT2D eigenvalue weighted by molar-refractivity contribution is 0.0781. The highest BCUT2D eigenvalue weighted by Gasteiger charge is 2.38. The molecule has 2 atom stereocenters. The molecule has 0 bridgehead atoms. The molecule has 23 heavy (non-hydrogen) atoms. The SMILES string of the molecule is O=C(c1ccc(S(=O)(=O)NC2CC2)cc1)N1C[C@H]2CNC[C@H]2C1. The Balaban J connectivity index is 1.46. The molecule has 1 aliphatic carbocycles. The average molecular weight is 335 g/mol. The molecule has 1 amide bonds. The number of benzene rings is 1. The van der Waals surface area contributed by atoms with E-state index in [9.17, 15) is 13.2 Å².